The van der Waals surface area contributed by atoms with E-state index in [9.17, 15) is 0 Å². The van der Waals surface area contributed by atoms with E-state index in [0.717, 1.165) is 5.92 Å². The van der Waals surface area contributed by atoms with Gasteiger partial charge in [0.15, 0.2) is 0 Å². The largest absolute Gasteiger partial charge is 0.0840 e. The van der Waals surface area contributed by atoms with E-state index in [1.54, 1.807) is 5.56 Å². The van der Waals surface area contributed by atoms with Gasteiger partial charge < -0.3 is 0 Å². The van der Waals surface area contributed by atoms with Gasteiger partial charge in [-0.3, -0.25) is 0 Å². The van der Waals surface area contributed by atoms with E-state index in [1.807, 2.05) is 0 Å². The number of aryl methyl sites for hydroxylation is 1. The molecule has 0 aliphatic heterocycles. The lowest BCUT2D eigenvalue weighted by molar-refractivity contribution is 0.919. The predicted molar refractivity (Wildman–Crippen MR) is 73.2 cm³/mol. The monoisotopic (exact) mass is 224 g/mol. The van der Waals surface area contributed by atoms with Crippen molar-refractivity contribution in [1.29, 1.82) is 0 Å². The Morgan fingerprint density at radius 3 is 2.41 bits per heavy atom. The van der Waals surface area contributed by atoms with Crippen molar-refractivity contribution in [3.63, 3.8) is 0 Å². The van der Waals surface area contributed by atoms with Gasteiger partial charge in [0.05, 0.1) is 0 Å². The Morgan fingerprint density at radius 1 is 0.941 bits per heavy atom. The summed E-state index contributed by atoms with van der Waals surface area (Å²) in [7, 11) is 0. The fraction of sp³-hybridized carbons (Fsp3) is 0.412. The van der Waals surface area contributed by atoms with Gasteiger partial charge in [-0.25, -0.2) is 0 Å². The Labute approximate surface area is 104 Å². The van der Waals surface area contributed by atoms with Crippen LogP contribution in [-0.2, 0) is 6.42 Å². The molecule has 1 fully saturated rings. The minimum atomic E-state index is 0.882. The first-order valence-electron chi connectivity index (χ1n) is 6.86. The van der Waals surface area contributed by atoms with Crippen molar-refractivity contribution in [2.75, 3.05) is 0 Å². The quantitative estimate of drug-likeness (QED) is 0.691. The average molecular weight is 224 g/mol. The summed E-state index contributed by atoms with van der Waals surface area (Å²) in [5.74, 6) is 0.882. The van der Waals surface area contributed by atoms with E-state index in [-0.39, 0.29) is 0 Å². The van der Waals surface area contributed by atoms with Gasteiger partial charge in [-0.05, 0) is 55.6 Å². The molecular formula is C17H20. The molecule has 0 nitrogen and oxygen atoms in total. The van der Waals surface area contributed by atoms with Crippen molar-refractivity contribution < 1.29 is 0 Å². The first-order chi connectivity index (χ1) is 8.42. The maximum absolute atomic E-state index is 2.39. The normalized spacial score (nSPS) is 19.2. The molecule has 1 saturated carbocycles. The summed E-state index contributed by atoms with van der Waals surface area (Å²) in [5, 5.41) is 0. The van der Waals surface area contributed by atoms with Crippen molar-refractivity contribution >= 4 is 0 Å². The lowest BCUT2D eigenvalue weighted by atomic mass is 9.99. The van der Waals surface area contributed by atoms with Gasteiger partial charge >= 0.3 is 0 Å². The first-order valence-corrected chi connectivity index (χ1v) is 6.86. The molecule has 0 N–H and O–H groups in total. The third-order valence-corrected chi connectivity index (χ3v) is 3.80. The molecule has 3 rings (SSSR count). The molecule has 0 radical (unpaired) electrons. The fourth-order valence-electron chi connectivity index (χ4n) is 2.51. The Balaban J connectivity index is 1.57. The van der Waals surface area contributed by atoms with E-state index in [4.69, 9.17) is 0 Å². The van der Waals surface area contributed by atoms with Crippen LogP contribution in [0.25, 0.3) is 0 Å². The molecule has 1 aromatic carbocycles. The number of benzene rings is 1. The summed E-state index contributed by atoms with van der Waals surface area (Å²) in [6.07, 6.45) is 14.6. The maximum atomic E-state index is 2.39. The topological polar surface area (TPSA) is 0 Å². The van der Waals surface area contributed by atoms with Crippen LogP contribution in [0.4, 0.5) is 0 Å². The lowest BCUT2D eigenvalue weighted by Gasteiger charge is -2.07. The third-order valence-electron chi connectivity index (χ3n) is 3.80. The van der Waals surface area contributed by atoms with Gasteiger partial charge in [-0.2, -0.15) is 0 Å². The maximum Gasteiger partial charge on any atom is -0.0162 e. The van der Waals surface area contributed by atoms with Crippen molar-refractivity contribution in [1.82, 2.24) is 0 Å². The molecule has 1 aromatic rings. The lowest BCUT2D eigenvalue weighted by Crippen LogP contribution is -1.90. The molecule has 0 bridgehead atoms. The predicted octanol–water partition coefficient (Wildman–Crippen LogP) is 4.77. The van der Waals surface area contributed by atoms with Gasteiger partial charge in [-0.15, -0.1) is 0 Å². The molecule has 2 aliphatic rings. The van der Waals surface area contributed by atoms with Crippen LogP contribution in [-0.4, -0.2) is 0 Å². The second kappa shape index (κ2) is 4.91. The SMILES string of the molecule is C1=CC(CCc2ccc(C3CC3)cc2)=CCC1. The highest BCUT2D eigenvalue weighted by atomic mass is 14.3. The summed E-state index contributed by atoms with van der Waals surface area (Å²) in [6.45, 7) is 0. The zero-order chi connectivity index (χ0) is 11.5. The van der Waals surface area contributed by atoms with Gasteiger partial charge in [0.25, 0.3) is 0 Å². The van der Waals surface area contributed by atoms with E-state index in [0.29, 0.717) is 0 Å². The highest BCUT2D eigenvalue weighted by Gasteiger charge is 2.22. The summed E-state index contributed by atoms with van der Waals surface area (Å²) < 4.78 is 0. The van der Waals surface area contributed by atoms with E-state index >= 15 is 0 Å². The first kappa shape index (κ1) is 10.8. The number of allylic oxidation sites excluding steroid dienone is 4. The molecule has 0 unspecified atom stereocenters. The molecule has 88 valence electrons. The minimum Gasteiger partial charge on any atom is -0.0840 e. The molecule has 2 aliphatic carbocycles. The van der Waals surface area contributed by atoms with Crippen LogP contribution in [0, 0.1) is 0 Å². The highest BCUT2D eigenvalue weighted by molar-refractivity contribution is 5.29. The van der Waals surface area contributed by atoms with E-state index < -0.39 is 0 Å². The molecule has 0 saturated heterocycles. The summed E-state index contributed by atoms with van der Waals surface area (Å²) in [6, 6.07) is 9.30. The summed E-state index contributed by atoms with van der Waals surface area (Å²) in [4.78, 5) is 0. The van der Waals surface area contributed by atoms with E-state index in [2.05, 4.69) is 42.5 Å². The molecule has 17 heavy (non-hydrogen) atoms. The molecule has 0 amide bonds. The second-order valence-corrected chi connectivity index (χ2v) is 5.27. The Morgan fingerprint density at radius 2 is 1.76 bits per heavy atom. The molecule has 0 heterocycles. The smallest absolute Gasteiger partial charge is 0.0162 e. The molecular weight excluding hydrogens is 204 g/mol. The second-order valence-electron chi connectivity index (χ2n) is 5.27. The van der Waals surface area contributed by atoms with Crippen LogP contribution in [0.5, 0.6) is 0 Å². The minimum absolute atomic E-state index is 0.882. The summed E-state index contributed by atoms with van der Waals surface area (Å²) >= 11 is 0. The Bertz CT molecular complexity index is 430. The Kier molecular flexibility index (Phi) is 3.13. The van der Waals surface area contributed by atoms with Crippen LogP contribution in [0.15, 0.2) is 48.1 Å². The van der Waals surface area contributed by atoms with Gasteiger partial charge in [0, 0.05) is 0 Å². The zero-order valence-electron chi connectivity index (χ0n) is 10.4. The number of hydrogen-bond acceptors (Lipinski definition) is 0. The van der Waals surface area contributed by atoms with Gasteiger partial charge in [0.2, 0.25) is 0 Å². The molecule has 0 heteroatoms. The zero-order valence-corrected chi connectivity index (χ0v) is 10.4. The van der Waals surface area contributed by atoms with Crippen LogP contribution < -0.4 is 0 Å². The molecule has 0 spiro atoms. The molecule has 0 aromatic heterocycles. The van der Waals surface area contributed by atoms with Crippen molar-refractivity contribution in [2.24, 2.45) is 0 Å². The van der Waals surface area contributed by atoms with Gasteiger partial charge in [-0.1, -0.05) is 48.1 Å². The van der Waals surface area contributed by atoms with Crippen LogP contribution >= 0.6 is 0 Å². The van der Waals surface area contributed by atoms with Crippen molar-refractivity contribution in [3.8, 4) is 0 Å². The summed E-state index contributed by atoms with van der Waals surface area (Å²) in [5.41, 5.74) is 4.54. The standard InChI is InChI=1S/C17H20/c1-2-4-14(5-3-1)6-7-15-8-10-16(11-9-15)17-12-13-17/h2,4-5,8-11,17H,1,3,6-7,12-13H2. The van der Waals surface area contributed by atoms with Crippen LogP contribution in [0.3, 0.4) is 0 Å². The van der Waals surface area contributed by atoms with E-state index in [1.165, 1.54) is 49.7 Å². The molecule has 0 atom stereocenters. The number of hydrogen-bond donors (Lipinski definition) is 0. The number of rotatable bonds is 4. The van der Waals surface area contributed by atoms with Gasteiger partial charge in [0.1, 0.15) is 0 Å². The van der Waals surface area contributed by atoms with Crippen LogP contribution in [0.1, 0.15) is 49.1 Å². The highest BCUT2D eigenvalue weighted by Crippen LogP contribution is 2.39. The van der Waals surface area contributed by atoms with Crippen molar-refractivity contribution in [3.05, 3.63) is 59.2 Å². The van der Waals surface area contributed by atoms with Crippen molar-refractivity contribution in [2.45, 2.75) is 44.4 Å². The Hall–Kier alpha value is -1.30. The van der Waals surface area contributed by atoms with Crippen LogP contribution in [0.2, 0.25) is 0 Å². The average Bonchev–Trinajstić information content (AvgIpc) is 3.23. The fourth-order valence-corrected chi connectivity index (χ4v) is 2.51. The third kappa shape index (κ3) is 2.88.